The van der Waals surface area contributed by atoms with Gasteiger partial charge in [-0.2, -0.15) is 5.26 Å². The van der Waals surface area contributed by atoms with Gasteiger partial charge in [0.25, 0.3) is 0 Å². The lowest BCUT2D eigenvalue weighted by Gasteiger charge is -2.06. The van der Waals surface area contributed by atoms with Crippen LogP contribution in [0.1, 0.15) is 11.1 Å². The van der Waals surface area contributed by atoms with Gasteiger partial charge in [0.2, 0.25) is 10.5 Å². The number of rotatable bonds is 4. The van der Waals surface area contributed by atoms with E-state index in [0.717, 1.165) is 5.56 Å². The number of hydrogen-bond donors (Lipinski definition) is 0. The molecule has 0 saturated carbocycles. The molecule has 0 N–H and O–H groups in total. The lowest BCUT2D eigenvalue weighted by atomic mass is 10.1. The standard InChI is InChI=1S/C9H11NO3Si/c1-11-6-7-2-3-8(5-10)9(4-7)12-13-14/h2-4H,6H2,1,14H3. The zero-order valence-electron chi connectivity index (χ0n) is 8.11. The largest absolute Gasteiger partial charge is 0.380 e. The summed E-state index contributed by atoms with van der Waals surface area (Å²) in [5.41, 5.74) is 1.40. The molecule has 1 rings (SSSR count). The third kappa shape index (κ3) is 2.57. The van der Waals surface area contributed by atoms with E-state index in [2.05, 4.69) is 4.58 Å². The molecule has 0 aliphatic heterocycles. The Hall–Kier alpha value is -1.35. The summed E-state index contributed by atoms with van der Waals surface area (Å²) in [5.74, 6) is 0.442. The van der Waals surface area contributed by atoms with Gasteiger partial charge in [-0.1, -0.05) is 6.07 Å². The van der Waals surface area contributed by atoms with E-state index in [0.29, 0.717) is 28.4 Å². The molecule has 0 spiro atoms. The van der Waals surface area contributed by atoms with Gasteiger partial charge in [-0.3, -0.25) is 4.58 Å². The van der Waals surface area contributed by atoms with Crippen LogP contribution in [0.25, 0.3) is 0 Å². The van der Waals surface area contributed by atoms with Gasteiger partial charge in [0.05, 0.1) is 12.2 Å². The van der Waals surface area contributed by atoms with E-state index in [1.54, 1.807) is 19.2 Å². The summed E-state index contributed by atoms with van der Waals surface area (Å²) in [4.78, 5) is 4.90. The molecule has 1 aromatic carbocycles. The van der Waals surface area contributed by atoms with Crippen LogP contribution >= 0.6 is 0 Å². The highest BCUT2D eigenvalue weighted by Crippen LogP contribution is 2.20. The summed E-state index contributed by atoms with van der Waals surface area (Å²) >= 11 is 0. The molecule has 0 fully saturated rings. The second-order valence-corrected chi connectivity index (χ2v) is 2.96. The number of nitriles is 1. The number of hydrogen-bond acceptors (Lipinski definition) is 4. The maximum Gasteiger partial charge on any atom is 0.209 e. The molecule has 14 heavy (non-hydrogen) atoms. The topological polar surface area (TPSA) is 51.5 Å². The van der Waals surface area contributed by atoms with Crippen molar-refractivity contribution in [2.24, 2.45) is 0 Å². The smallest absolute Gasteiger partial charge is 0.209 e. The van der Waals surface area contributed by atoms with Gasteiger partial charge < -0.3 is 9.62 Å². The molecule has 0 aliphatic rings. The van der Waals surface area contributed by atoms with Crippen molar-refractivity contribution in [3.63, 3.8) is 0 Å². The van der Waals surface area contributed by atoms with E-state index in [9.17, 15) is 0 Å². The van der Waals surface area contributed by atoms with E-state index in [-0.39, 0.29) is 0 Å². The summed E-state index contributed by atoms with van der Waals surface area (Å²) in [6.45, 7) is 0.489. The van der Waals surface area contributed by atoms with Crippen molar-refractivity contribution < 1.29 is 14.2 Å². The minimum Gasteiger partial charge on any atom is -0.380 e. The van der Waals surface area contributed by atoms with Gasteiger partial charge in [0, 0.05) is 7.11 Å². The first kappa shape index (κ1) is 10.7. The number of ether oxygens (including phenoxy) is 1. The number of nitrogens with zero attached hydrogens (tertiary/aromatic N) is 1. The first-order chi connectivity index (χ1) is 6.81. The van der Waals surface area contributed by atoms with Crippen LogP contribution in [-0.4, -0.2) is 17.6 Å². The van der Waals surface area contributed by atoms with Crippen molar-refractivity contribution in [1.29, 1.82) is 5.26 Å². The molecule has 0 aliphatic carbocycles. The molecule has 0 saturated heterocycles. The molecule has 0 radical (unpaired) electrons. The first-order valence-corrected chi connectivity index (χ1v) is 4.86. The Kier molecular flexibility index (Phi) is 4.13. The maximum atomic E-state index is 8.76. The van der Waals surface area contributed by atoms with Crippen molar-refractivity contribution in [3.8, 4) is 11.8 Å². The van der Waals surface area contributed by atoms with Crippen LogP contribution in [0.15, 0.2) is 18.2 Å². The number of methoxy groups -OCH3 is 1. The Morgan fingerprint density at radius 3 is 2.86 bits per heavy atom. The maximum absolute atomic E-state index is 8.76. The molecule has 74 valence electrons. The molecular weight excluding hydrogens is 198 g/mol. The van der Waals surface area contributed by atoms with Crippen molar-refractivity contribution in [2.75, 3.05) is 7.11 Å². The van der Waals surface area contributed by atoms with E-state index >= 15 is 0 Å². The summed E-state index contributed by atoms with van der Waals surface area (Å²) < 4.78 is 9.61. The lowest BCUT2D eigenvalue weighted by molar-refractivity contribution is -0.0935. The molecule has 0 unspecified atom stereocenters. The summed E-state index contributed by atoms with van der Waals surface area (Å²) in [6, 6.07) is 7.26. The fourth-order valence-electron chi connectivity index (χ4n) is 1.07. The molecule has 4 nitrogen and oxygen atoms in total. The zero-order valence-corrected chi connectivity index (χ0v) is 10.1. The Labute approximate surface area is 85.5 Å². The molecular formula is C9H11NO3Si. The molecule has 0 aromatic heterocycles. The summed E-state index contributed by atoms with van der Waals surface area (Å²) in [7, 11) is 2.07. The third-order valence-corrected chi connectivity index (χ3v) is 1.82. The second kappa shape index (κ2) is 5.39. The van der Waals surface area contributed by atoms with E-state index < -0.39 is 0 Å². The van der Waals surface area contributed by atoms with Crippen molar-refractivity contribution in [1.82, 2.24) is 0 Å². The van der Waals surface area contributed by atoms with Crippen molar-refractivity contribution >= 4 is 10.5 Å². The fraction of sp³-hybridized carbons (Fsp3) is 0.222. The first-order valence-electron chi connectivity index (χ1n) is 4.04. The Balaban J connectivity index is 2.96. The van der Waals surface area contributed by atoms with Crippen LogP contribution in [-0.2, 0) is 15.9 Å². The minimum atomic E-state index is 0.442. The SMILES string of the molecule is COCc1ccc(C#N)c(OO[SiH3])c1. The van der Waals surface area contributed by atoms with Gasteiger partial charge in [-0.05, 0) is 17.7 Å². The van der Waals surface area contributed by atoms with Crippen LogP contribution < -0.4 is 4.89 Å². The lowest BCUT2D eigenvalue weighted by Crippen LogP contribution is -1.97. The van der Waals surface area contributed by atoms with Gasteiger partial charge >= 0.3 is 0 Å². The van der Waals surface area contributed by atoms with Gasteiger partial charge in [-0.25, -0.2) is 0 Å². The predicted octanol–water partition coefficient (Wildman–Crippen LogP) is 0.295. The van der Waals surface area contributed by atoms with Crippen LogP contribution in [0.5, 0.6) is 5.75 Å². The highest BCUT2D eigenvalue weighted by Gasteiger charge is 2.04. The second-order valence-electron chi connectivity index (χ2n) is 2.63. The Morgan fingerprint density at radius 2 is 2.29 bits per heavy atom. The third-order valence-electron chi connectivity index (χ3n) is 1.65. The molecule has 0 amide bonds. The van der Waals surface area contributed by atoms with Gasteiger partial charge in [0.15, 0.2) is 5.75 Å². The minimum absolute atomic E-state index is 0.442. The zero-order chi connectivity index (χ0) is 10.4. The molecule has 1 aromatic rings. The quantitative estimate of drug-likeness (QED) is 0.406. The predicted molar refractivity (Wildman–Crippen MR) is 53.5 cm³/mol. The van der Waals surface area contributed by atoms with Crippen molar-refractivity contribution in [2.45, 2.75) is 6.61 Å². The Bertz CT molecular complexity index is 348. The number of benzene rings is 1. The van der Waals surface area contributed by atoms with Gasteiger partial charge in [-0.15, -0.1) is 0 Å². The average molecular weight is 209 g/mol. The summed E-state index contributed by atoms with van der Waals surface area (Å²) in [6.07, 6.45) is 0. The van der Waals surface area contributed by atoms with E-state index in [1.165, 1.54) is 0 Å². The molecule has 0 bridgehead atoms. The Morgan fingerprint density at radius 1 is 1.50 bits per heavy atom. The van der Waals surface area contributed by atoms with E-state index in [1.807, 2.05) is 12.1 Å². The normalized spacial score (nSPS) is 9.71. The summed E-state index contributed by atoms with van der Waals surface area (Å²) in [5, 5.41) is 8.76. The highest BCUT2D eigenvalue weighted by molar-refractivity contribution is 5.97. The molecule has 0 atom stereocenters. The molecule has 5 heteroatoms. The average Bonchev–Trinajstić information content (AvgIpc) is 2.19. The molecule has 0 heterocycles. The highest BCUT2D eigenvalue weighted by atomic mass is 28.2. The fourth-order valence-corrected chi connectivity index (χ4v) is 1.25. The van der Waals surface area contributed by atoms with Gasteiger partial charge in [0.1, 0.15) is 6.07 Å². The van der Waals surface area contributed by atoms with Crippen LogP contribution in [0.2, 0.25) is 0 Å². The van der Waals surface area contributed by atoms with Crippen LogP contribution in [0.4, 0.5) is 0 Å². The van der Waals surface area contributed by atoms with Crippen molar-refractivity contribution in [3.05, 3.63) is 29.3 Å². The van der Waals surface area contributed by atoms with Crippen LogP contribution in [0, 0.1) is 11.3 Å². The van der Waals surface area contributed by atoms with E-state index in [4.69, 9.17) is 14.9 Å². The van der Waals surface area contributed by atoms with Crippen LogP contribution in [0.3, 0.4) is 0 Å². The monoisotopic (exact) mass is 209 g/mol.